The molecule has 4 rings (SSSR count). The van der Waals surface area contributed by atoms with Crippen LogP contribution in [-0.4, -0.2) is 22.4 Å². The number of hydrogen-bond acceptors (Lipinski definition) is 2. The summed E-state index contributed by atoms with van der Waals surface area (Å²) >= 11 is 0. The summed E-state index contributed by atoms with van der Waals surface area (Å²) in [5, 5.41) is 20.7. The van der Waals surface area contributed by atoms with Crippen molar-refractivity contribution in [3.8, 4) is 0 Å². The summed E-state index contributed by atoms with van der Waals surface area (Å²) in [6.07, 6.45) is 11.2. The fourth-order valence-corrected chi connectivity index (χ4v) is 6.71. The highest BCUT2D eigenvalue weighted by Gasteiger charge is 2.58. The fourth-order valence-electron chi connectivity index (χ4n) is 6.71. The first-order valence-electron chi connectivity index (χ1n) is 9.01. The van der Waals surface area contributed by atoms with E-state index in [-0.39, 0.29) is 23.0 Å². The van der Waals surface area contributed by atoms with Crippen LogP contribution in [-0.2, 0) is 0 Å². The Labute approximate surface area is 128 Å². The monoisotopic (exact) mass is 290 g/mol. The van der Waals surface area contributed by atoms with E-state index in [2.05, 4.69) is 19.9 Å². The summed E-state index contributed by atoms with van der Waals surface area (Å²) in [7, 11) is 0. The van der Waals surface area contributed by atoms with E-state index in [1.807, 2.05) is 0 Å². The smallest absolute Gasteiger partial charge is 0.0596 e. The third-order valence-corrected chi connectivity index (χ3v) is 7.98. The van der Waals surface area contributed by atoms with Crippen LogP contribution in [0.5, 0.6) is 0 Å². The first-order valence-corrected chi connectivity index (χ1v) is 9.01. The van der Waals surface area contributed by atoms with Crippen molar-refractivity contribution in [3.05, 3.63) is 11.6 Å². The van der Waals surface area contributed by atoms with Crippen molar-refractivity contribution in [3.63, 3.8) is 0 Å². The molecular formula is C19H30O2. The average molecular weight is 290 g/mol. The second kappa shape index (κ2) is 4.58. The molecule has 21 heavy (non-hydrogen) atoms. The van der Waals surface area contributed by atoms with Gasteiger partial charge in [0.2, 0.25) is 0 Å². The van der Waals surface area contributed by atoms with E-state index < -0.39 is 0 Å². The largest absolute Gasteiger partial charge is 0.393 e. The lowest BCUT2D eigenvalue weighted by atomic mass is 9.48. The lowest BCUT2D eigenvalue weighted by Crippen LogP contribution is -2.51. The van der Waals surface area contributed by atoms with Gasteiger partial charge in [-0.05, 0) is 80.0 Å². The van der Waals surface area contributed by atoms with E-state index in [9.17, 15) is 10.2 Å². The Kier molecular flexibility index (Phi) is 3.11. The Morgan fingerprint density at radius 2 is 1.86 bits per heavy atom. The highest BCUT2D eigenvalue weighted by Crippen LogP contribution is 2.64. The van der Waals surface area contributed by atoms with Gasteiger partial charge in [0.15, 0.2) is 0 Å². The van der Waals surface area contributed by atoms with Gasteiger partial charge in [-0.3, -0.25) is 0 Å². The van der Waals surface area contributed by atoms with Crippen molar-refractivity contribution < 1.29 is 10.2 Å². The Morgan fingerprint density at radius 1 is 1.05 bits per heavy atom. The SMILES string of the molecule is CC12C[C@@H](O)CCC1=CCC1C2CCC2(C)C1CC[C@H]2O. The number of aliphatic hydroxyl groups excluding tert-OH is 2. The predicted octanol–water partition coefficient (Wildman–Crippen LogP) is 3.67. The van der Waals surface area contributed by atoms with Gasteiger partial charge in [0, 0.05) is 0 Å². The van der Waals surface area contributed by atoms with Crippen LogP contribution in [0.4, 0.5) is 0 Å². The molecule has 0 spiro atoms. The first-order chi connectivity index (χ1) is 9.95. The second-order valence-corrected chi connectivity index (χ2v) is 8.79. The molecule has 0 radical (unpaired) electrons. The zero-order valence-corrected chi connectivity index (χ0v) is 13.5. The van der Waals surface area contributed by atoms with Gasteiger partial charge < -0.3 is 10.2 Å². The molecule has 0 saturated heterocycles. The molecule has 0 aromatic heterocycles. The normalized spacial score (nSPS) is 56.2. The number of aliphatic hydroxyl groups is 2. The fraction of sp³-hybridized carbons (Fsp3) is 0.895. The molecule has 0 bridgehead atoms. The summed E-state index contributed by atoms with van der Waals surface area (Å²) in [6.45, 7) is 4.76. The zero-order valence-electron chi connectivity index (χ0n) is 13.5. The van der Waals surface area contributed by atoms with Crippen LogP contribution in [0.25, 0.3) is 0 Å². The molecule has 7 atom stereocenters. The van der Waals surface area contributed by atoms with Gasteiger partial charge in [-0.2, -0.15) is 0 Å². The van der Waals surface area contributed by atoms with E-state index >= 15 is 0 Å². The van der Waals surface area contributed by atoms with Gasteiger partial charge in [0.05, 0.1) is 12.2 Å². The quantitative estimate of drug-likeness (QED) is 0.668. The molecule has 5 unspecified atom stereocenters. The minimum absolute atomic E-state index is 0.0846. The van der Waals surface area contributed by atoms with Crippen molar-refractivity contribution in [1.29, 1.82) is 0 Å². The number of rotatable bonds is 0. The Balaban J connectivity index is 1.69. The van der Waals surface area contributed by atoms with Gasteiger partial charge in [0.25, 0.3) is 0 Å². The van der Waals surface area contributed by atoms with E-state index in [1.54, 1.807) is 5.57 Å². The summed E-state index contributed by atoms with van der Waals surface area (Å²) in [5.74, 6) is 2.16. The van der Waals surface area contributed by atoms with E-state index in [0.717, 1.165) is 37.5 Å². The zero-order chi connectivity index (χ0) is 14.8. The number of hydrogen-bond donors (Lipinski definition) is 2. The molecule has 4 aliphatic carbocycles. The van der Waals surface area contributed by atoms with Crippen molar-refractivity contribution in [2.45, 2.75) is 77.4 Å². The molecule has 3 fully saturated rings. The van der Waals surface area contributed by atoms with E-state index in [1.165, 1.54) is 25.7 Å². The first kappa shape index (κ1) is 14.3. The maximum atomic E-state index is 10.5. The van der Waals surface area contributed by atoms with Crippen LogP contribution < -0.4 is 0 Å². The van der Waals surface area contributed by atoms with Gasteiger partial charge in [0.1, 0.15) is 0 Å². The molecule has 2 nitrogen and oxygen atoms in total. The highest BCUT2D eigenvalue weighted by atomic mass is 16.3. The van der Waals surface area contributed by atoms with Gasteiger partial charge in [-0.1, -0.05) is 25.5 Å². The predicted molar refractivity (Wildman–Crippen MR) is 83.7 cm³/mol. The molecule has 2 N–H and O–H groups in total. The second-order valence-electron chi connectivity index (χ2n) is 8.79. The van der Waals surface area contributed by atoms with Crippen LogP contribution in [0.1, 0.15) is 65.2 Å². The molecule has 0 heterocycles. The van der Waals surface area contributed by atoms with Crippen LogP contribution in [0, 0.1) is 28.6 Å². The molecule has 4 aliphatic rings. The average Bonchev–Trinajstić information content (AvgIpc) is 2.74. The third kappa shape index (κ3) is 1.84. The molecule has 3 saturated carbocycles. The maximum Gasteiger partial charge on any atom is 0.0596 e. The van der Waals surface area contributed by atoms with Crippen molar-refractivity contribution in [2.75, 3.05) is 0 Å². The van der Waals surface area contributed by atoms with E-state index in [4.69, 9.17) is 0 Å². The minimum atomic E-state index is -0.103. The summed E-state index contributed by atoms with van der Waals surface area (Å²) in [4.78, 5) is 0. The topological polar surface area (TPSA) is 40.5 Å². The molecule has 0 aromatic carbocycles. The number of allylic oxidation sites excluding steroid dienone is 2. The summed E-state index contributed by atoms with van der Waals surface area (Å²) in [6, 6.07) is 0. The molecule has 0 amide bonds. The molecule has 2 heteroatoms. The standard InChI is InChI=1S/C19H30O2/c1-18-10-9-16-14(15(18)7-8-17(18)21)6-4-12-3-5-13(20)11-19(12,16)2/h4,13-17,20-21H,3,5-11H2,1-2H3/t13-,14?,15?,16?,17+,18?,19?/m0/s1. The third-order valence-electron chi connectivity index (χ3n) is 7.98. The van der Waals surface area contributed by atoms with Crippen LogP contribution in [0.3, 0.4) is 0 Å². The summed E-state index contributed by atoms with van der Waals surface area (Å²) < 4.78 is 0. The highest BCUT2D eigenvalue weighted by molar-refractivity contribution is 5.25. The van der Waals surface area contributed by atoms with Crippen molar-refractivity contribution in [2.24, 2.45) is 28.6 Å². The number of fused-ring (bicyclic) bond motifs is 5. The van der Waals surface area contributed by atoms with Crippen LogP contribution >= 0.6 is 0 Å². The lowest BCUT2D eigenvalue weighted by Gasteiger charge is -2.57. The minimum Gasteiger partial charge on any atom is -0.393 e. The molecule has 0 aromatic rings. The Hall–Kier alpha value is -0.340. The van der Waals surface area contributed by atoms with E-state index in [0.29, 0.717) is 5.92 Å². The van der Waals surface area contributed by atoms with Crippen LogP contribution in [0.15, 0.2) is 11.6 Å². The van der Waals surface area contributed by atoms with Crippen molar-refractivity contribution >= 4 is 0 Å². The van der Waals surface area contributed by atoms with Gasteiger partial charge >= 0.3 is 0 Å². The van der Waals surface area contributed by atoms with Crippen LogP contribution in [0.2, 0.25) is 0 Å². The lowest BCUT2D eigenvalue weighted by molar-refractivity contribution is -0.0760. The molecule has 118 valence electrons. The Morgan fingerprint density at radius 3 is 2.67 bits per heavy atom. The van der Waals surface area contributed by atoms with Gasteiger partial charge in [-0.15, -0.1) is 0 Å². The van der Waals surface area contributed by atoms with Gasteiger partial charge in [-0.25, -0.2) is 0 Å². The molecule has 0 aliphatic heterocycles. The summed E-state index contributed by atoms with van der Waals surface area (Å²) in [5.41, 5.74) is 2.03. The molecular weight excluding hydrogens is 260 g/mol. The maximum absolute atomic E-state index is 10.5. The van der Waals surface area contributed by atoms with Crippen molar-refractivity contribution in [1.82, 2.24) is 0 Å². The Bertz CT molecular complexity index is 470.